The number of amides is 1. The Bertz CT molecular complexity index is 977. The van der Waals surface area contributed by atoms with Crippen LogP contribution in [0.2, 0.25) is 0 Å². The van der Waals surface area contributed by atoms with Gasteiger partial charge in [0, 0.05) is 46.5 Å². The van der Waals surface area contributed by atoms with Crippen LogP contribution in [0.4, 0.5) is 11.5 Å². The lowest BCUT2D eigenvalue weighted by atomic mass is 9.96. The van der Waals surface area contributed by atoms with Gasteiger partial charge in [0.25, 0.3) is 0 Å². The van der Waals surface area contributed by atoms with E-state index in [-0.39, 0.29) is 11.8 Å². The minimum Gasteiger partial charge on any atom is -0.354 e. The lowest BCUT2D eigenvalue weighted by Gasteiger charge is -2.32. The SMILES string of the molecule is O=C(Nc1cccc(Br)c1)C1CCN(c2nccnc2Sc2ccccc2)CC1. The molecule has 1 saturated heterocycles. The molecule has 0 spiro atoms. The second-order valence-electron chi connectivity index (χ2n) is 6.86. The van der Waals surface area contributed by atoms with Crippen molar-refractivity contribution in [2.75, 3.05) is 23.3 Å². The van der Waals surface area contributed by atoms with E-state index in [0.29, 0.717) is 0 Å². The second kappa shape index (κ2) is 9.41. The molecule has 148 valence electrons. The highest BCUT2D eigenvalue weighted by Crippen LogP contribution is 2.34. The van der Waals surface area contributed by atoms with E-state index in [1.54, 1.807) is 24.2 Å². The van der Waals surface area contributed by atoms with Gasteiger partial charge in [0.15, 0.2) is 5.82 Å². The van der Waals surface area contributed by atoms with E-state index >= 15 is 0 Å². The molecule has 2 heterocycles. The lowest BCUT2D eigenvalue weighted by molar-refractivity contribution is -0.120. The summed E-state index contributed by atoms with van der Waals surface area (Å²) in [6.07, 6.45) is 5.06. The van der Waals surface area contributed by atoms with Crippen LogP contribution in [0.15, 0.2) is 81.4 Å². The molecule has 5 nitrogen and oxygen atoms in total. The van der Waals surface area contributed by atoms with Gasteiger partial charge in [-0.25, -0.2) is 9.97 Å². The van der Waals surface area contributed by atoms with Crippen molar-refractivity contribution in [2.24, 2.45) is 5.92 Å². The quantitative estimate of drug-likeness (QED) is 0.554. The Labute approximate surface area is 183 Å². The van der Waals surface area contributed by atoms with Crippen molar-refractivity contribution in [3.63, 3.8) is 0 Å². The molecule has 1 aliphatic heterocycles. The van der Waals surface area contributed by atoms with Crippen molar-refractivity contribution in [3.8, 4) is 0 Å². The largest absolute Gasteiger partial charge is 0.354 e. The van der Waals surface area contributed by atoms with Crippen LogP contribution in [0.3, 0.4) is 0 Å². The summed E-state index contributed by atoms with van der Waals surface area (Å²) in [5.41, 5.74) is 0.822. The maximum Gasteiger partial charge on any atom is 0.227 e. The minimum atomic E-state index is 0.00660. The van der Waals surface area contributed by atoms with Gasteiger partial charge in [0.05, 0.1) is 0 Å². The van der Waals surface area contributed by atoms with Gasteiger partial charge in [-0.1, -0.05) is 52.0 Å². The van der Waals surface area contributed by atoms with Crippen molar-refractivity contribution in [1.82, 2.24) is 9.97 Å². The lowest BCUT2D eigenvalue weighted by Crippen LogP contribution is -2.38. The van der Waals surface area contributed by atoms with Crippen LogP contribution in [0.5, 0.6) is 0 Å². The molecule has 0 atom stereocenters. The van der Waals surface area contributed by atoms with Crippen LogP contribution in [0.1, 0.15) is 12.8 Å². The van der Waals surface area contributed by atoms with Gasteiger partial charge in [-0.2, -0.15) is 0 Å². The third kappa shape index (κ3) is 5.16. The van der Waals surface area contributed by atoms with Gasteiger partial charge >= 0.3 is 0 Å². The second-order valence-corrected chi connectivity index (χ2v) is 8.84. The topological polar surface area (TPSA) is 58.1 Å². The Morgan fingerprint density at radius 1 is 1.03 bits per heavy atom. The number of carbonyl (C=O) groups is 1. The number of anilines is 2. The van der Waals surface area contributed by atoms with Gasteiger partial charge in [-0.15, -0.1) is 0 Å². The summed E-state index contributed by atoms with van der Waals surface area (Å²) in [6.45, 7) is 1.58. The zero-order valence-corrected chi connectivity index (χ0v) is 18.2. The first kappa shape index (κ1) is 19.9. The summed E-state index contributed by atoms with van der Waals surface area (Å²) >= 11 is 5.06. The predicted molar refractivity (Wildman–Crippen MR) is 120 cm³/mol. The van der Waals surface area contributed by atoms with Crippen LogP contribution >= 0.6 is 27.7 Å². The number of benzene rings is 2. The number of rotatable bonds is 5. The maximum atomic E-state index is 12.7. The Kier molecular flexibility index (Phi) is 6.46. The fourth-order valence-electron chi connectivity index (χ4n) is 3.37. The summed E-state index contributed by atoms with van der Waals surface area (Å²) in [4.78, 5) is 25.2. The highest BCUT2D eigenvalue weighted by Gasteiger charge is 2.27. The van der Waals surface area contributed by atoms with Crippen molar-refractivity contribution in [1.29, 1.82) is 0 Å². The molecule has 1 N–H and O–H groups in total. The van der Waals surface area contributed by atoms with Crippen molar-refractivity contribution in [3.05, 3.63) is 71.5 Å². The molecule has 3 aromatic rings. The number of piperidine rings is 1. The van der Waals surface area contributed by atoms with Gasteiger partial charge in [-0.05, 0) is 43.2 Å². The first-order valence-corrected chi connectivity index (χ1v) is 11.2. The van der Waals surface area contributed by atoms with E-state index in [2.05, 4.69) is 48.2 Å². The molecule has 0 aliphatic carbocycles. The molecule has 0 bridgehead atoms. The number of nitrogens with one attached hydrogen (secondary N) is 1. The van der Waals surface area contributed by atoms with E-state index in [4.69, 9.17) is 0 Å². The molecule has 29 heavy (non-hydrogen) atoms. The zero-order valence-electron chi connectivity index (χ0n) is 15.8. The summed E-state index contributed by atoms with van der Waals surface area (Å²) in [5.74, 6) is 0.986. The number of aromatic nitrogens is 2. The third-order valence-corrected chi connectivity index (χ3v) is 6.34. The molecule has 2 aromatic carbocycles. The van der Waals surface area contributed by atoms with Gasteiger partial charge in [-0.3, -0.25) is 4.79 Å². The average Bonchev–Trinajstić information content (AvgIpc) is 2.75. The van der Waals surface area contributed by atoms with E-state index in [9.17, 15) is 4.79 Å². The van der Waals surface area contributed by atoms with Crippen molar-refractivity contribution < 1.29 is 4.79 Å². The van der Waals surface area contributed by atoms with Gasteiger partial charge < -0.3 is 10.2 Å². The van der Waals surface area contributed by atoms with E-state index in [1.165, 1.54) is 0 Å². The average molecular weight is 469 g/mol. The van der Waals surface area contributed by atoms with E-state index in [0.717, 1.165) is 51.8 Å². The highest BCUT2D eigenvalue weighted by molar-refractivity contribution is 9.10. The molecule has 1 aliphatic rings. The van der Waals surface area contributed by atoms with E-state index in [1.807, 2.05) is 42.5 Å². The number of hydrogen-bond acceptors (Lipinski definition) is 5. The highest BCUT2D eigenvalue weighted by atomic mass is 79.9. The molecule has 1 amide bonds. The predicted octanol–water partition coefficient (Wildman–Crippen LogP) is 5.25. The third-order valence-electron chi connectivity index (χ3n) is 4.86. The molecule has 0 saturated carbocycles. The van der Waals surface area contributed by atoms with Crippen LogP contribution in [0.25, 0.3) is 0 Å². The van der Waals surface area contributed by atoms with Crippen LogP contribution in [0, 0.1) is 5.92 Å². The van der Waals surface area contributed by atoms with Crippen molar-refractivity contribution in [2.45, 2.75) is 22.8 Å². The Morgan fingerprint density at radius 3 is 2.55 bits per heavy atom. The Hall–Kier alpha value is -2.38. The first-order chi connectivity index (χ1) is 14.2. The number of nitrogens with zero attached hydrogens (tertiary/aromatic N) is 3. The summed E-state index contributed by atoms with van der Waals surface area (Å²) in [7, 11) is 0. The number of carbonyl (C=O) groups excluding carboxylic acids is 1. The standard InChI is InChI=1S/C22H21BrN4OS/c23-17-5-4-6-18(15-17)26-21(28)16-9-13-27(14-10-16)20-22(25-12-11-24-20)29-19-7-2-1-3-8-19/h1-8,11-12,15-16H,9-10,13-14H2,(H,26,28). The molecule has 4 rings (SSSR count). The van der Waals surface area contributed by atoms with E-state index < -0.39 is 0 Å². The van der Waals surface area contributed by atoms with Crippen molar-refractivity contribution >= 4 is 45.1 Å². The molecular formula is C22H21BrN4OS. The molecular weight excluding hydrogens is 448 g/mol. The summed E-state index contributed by atoms with van der Waals surface area (Å²) < 4.78 is 0.955. The fraction of sp³-hybridized carbons (Fsp3) is 0.227. The molecule has 1 aromatic heterocycles. The summed E-state index contributed by atoms with van der Waals surface area (Å²) in [6, 6.07) is 17.9. The number of hydrogen-bond donors (Lipinski definition) is 1. The zero-order chi connectivity index (χ0) is 20.1. The van der Waals surface area contributed by atoms with Crippen LogP contribution < -0.4 is 10.2 Å². The minimum absolute atomic E-state index is 0.00660. The summed E-state index contributed by atoms with van der Waals surface area (Å²) in [5, 5.41) is 3.93. The fourth-order valence-corrected chi connectivity index (χ4v) is 4.67. The molecule has 7 heteroatoms. The Balaban J connectivity index is 1.39. The van der Waals surface area contributed by atoms with Gasteiger partial charge in [0.1, 0.15) is 5.03 Å². The number of halogens is 1. The van der Waals surface area contributed by atoms with Gasteiger partial charge in [0.2, 0.25) is 5.91 Å². The molecule has 1 fully saturated rings. The van der Waals surface area contributed by atoms with Crippen LogP contribution in [-0.2, 0) is 4.79 Å². The normalized spacial score (nSPS) is 14.6. The smallest absolute Gasteiger partial charge is 0.227 e. The maximum absolute atomic E-state index is 12.7. The molecule has 0 unspecified atom stereocenters. The monoisotopic (exact) mass is 468 g/mol. The first-order valence-electron chi connectivity index (χ1n) is 9.54. The Morgan fingerprint density at radius 2 is 1.79 bits per heavy atom. The molecule has 0 radical (unpaired) electrons. The van der Waals surface area contributed by atoms with Crippen LogP contribution in [-0.4, -0.2) is 29.0 Å².